The lowest BCUT2D eigenvalue weighted by molar-refractivity contribution is -0.135. The molecule has 2 saturated carbocycles. The van der Waals surface area contributed by atoms with Crippen molar-refractivity contribution in [2.45, 2.75) is 62.7 Å². The number of nitrogens with one attached hydrogen (secondary N) is 2. The van der Waals surface area contributed by atoms with Crippen molar-refractivity contribution in [3.8, 4) is 0 Å². The summed E-state index contributed by atoms with van der Waals surface area (Å²) in [5.74, 6) is 3.67. The van der Waals surface area contributed by atoms with Crippen molar-refractivity contribution in [3.63, 3.8) is 0 Å². The zero-order chi connectivity index (χ0) is 15.6. The molecular weight excluding hydrogens is 306 g/mol. The normalized spacial score (nSPS) is 35.6. The molecule has 2 N–H and O–H groups in total. The Morgan fingerprint density at radius 2 is 1.83 bits per heavy atom. The number of amides is 1. The van der Waals surface area contributed by atoms with Crippen LogP contribution in [0.15, 0.2) is 0 Å². The molecule has 0 aromatic heterocycles. The summed E-state index contributed by atoms with van der Waals surface area (Å²) in [5.41, 5.74) is 6.43. The van der Waals surface area contributed by atoms with Crippen LogP contribution in [0, 0.1) is 17.8 Å². The second-order valence-electron chi connectivity index (χ2n) is 7.95. The van der Waals surface area contributed by atoms with Crippen LogP contribution >= 0.6 is 11.8 Å². The number of nitrogens with zero attached hydrogens (tertiary/aromatic N) is 1. The van der Waals surface area contributed by atoms with Crippen LogP contribution < -0.4 is 10.9 Å². The van der Waals surface area contributed by atoms with Crippen LogP contribution in [0.5, 0.6) is 0 Å². The van der Waals surface area contributed by atoms with Crippen LogP contribution in [0.3, 0.4) is 0 Å². The Kier molecular flexibility index (Phi) is 5.16. The lowest BCUT2D eigenvalue weighted by atomic mass is 9.85. The number of rotatable bonds is 5. The van der Waals surface area contributed by atoms with Gasteiger partial charge in [-0.15, -0.1) is 0 Å². The first-order chi connectivity index (χ1) is 11.3. The number of carbonyl (C=O) groups excluding carboxylic acids is 1. The summed E-state index contributed by atoms with van der Waals surface area (Å²) >= 11 is 2.07. The molecule has 0 radical (unpaired) electrons. The minimum atomic E-state index is 0.352. The summed E-state index contributed by atoms with van der Waals surface area (Å²) < 4.78 is 0. The summed E-state index contributed by atoms with van der Waals surface area (Å²) in [6.07, 6.45) is 10.7. The van der Waals surface area contributed by atoms with Crippen molar-refractivity contribution in [1.29, 1.82) is 0 Å². The van der Waals surface area contributed by atoms with Gasteiger partial charge in [-0.1, -0.05) is 32.1 Å². The molecule has 2 heterocycles. The summed E-state index contributed by atoms with van der Waals surface area (Å²) in [7, 11) is 0. The highest BCUT2D eigenvalue weighted by molar-refractivity contribution is 8.00. The highest BCUT2D eigenvalue weighted by Gasteiger charge is 2.50. The summed E-state index contributed by atoms with van der Waals surface area (Å²) in [4.78, 5) is 15.4. The maximum atomic E-state index is 13.2. The van der Waals surface area contributed by atoms with E-state index in [9.17, 15) is 4.79 Å². The maximum absolute atomic E-state index is 13.2. The van der Waals surface area contributed by atoms with Crippen molar-refractivity contribution in [2.75, 3.05) is 25.4 Å². The van der Waals surface area contributed by atoms with Crippen molar-refractivity contribution in [3.05, 3.63) is 0 Å². The Morgan fingerprint density at radius 3 is 2.52 bits per heavy atom. The maximum Gasteiger partial charge on any atom is 0.226 e. The van der Waals surface area contributed by atoms with Gasteiger partial charge in [0.15, 0.2) is 0 Å². The van der Waals surface area contributed by atoms with Crippen molar-refractivity contribution < 1.29 is 4.79 Å². The highest BCUT2D eigenvalue weighted by Crippen LogP contribution is 2.50. The van der Waals surface area contributed by atoms with Gasteiger partial charge in [-0.25, -0.2) is 0 Å². The monoisotopic (exact) mass is 337 g/mol. The van der Waals surface area contributed by atoms with Gasteiger partial charge in [0, 0.05) is 30.8 Å². The lowest BCUT2D eigenvalue weighted by Crippen LogP contribution is -2.47. The summed E-state index contributed by atoms with van der Waals surface area (Å²) in [6.45, 7) is 2.79. The molecule has 3 atom stereocenters. The third-order valence-corrected chi connectivity index (χ3v) is 7.74. The SMILES string of the molecule is O=C([C@H]1C[C@@H]1C1CCCCC1)N(CC1CCCS1)C1CNNC1. The van der Waals surface area contributed by atoms with E-state index in [4.69, 9.17) is 0 Å². The summed E-state index contributed by atoms with van der Waals surface area (Å²) in [5, 5.41) is 0.673. The van der Waals surface area contributed by atoms with Crippen LogP contribution in [0.25, 0.3) is 0 Å². The smallest absolute Gasteiger partial charge is 0.226 e. The van der Waals surface area contributed by atoms with E-state index in [0.717, 1.165) is 25.6 Å². The van der Waals surface area contributed by atoms with E-state index in [1.807, 2.05) is 0 Å². The largest absolute Gasteiger partial charge is 0.336 e. The topological polar surface area (TPSA) is 44.4 Å². The molecule has 0 spiro atoms. The number of carbonyl (C=O) groups is 1. The molecule has 4 rings (SSSR count). The van der Waals surface area contributed by atoms with Gasteiger partial charge in [0.2, 0.25) is 5.91 Å². The summed E-state index contributed by atoms with van der Waals surface area (Å²) in [6, 6.07) is 0.358. The predicted octanol–water partition coefficient (Wildman–Crippen LogP) is 2.40. The average Bonchev–Trinajstić information content (AvgIpc) is 2.98. The Hall–Kier alpha value is -0.260. The number of hydrogen-bond acceptors (Lipinski definition) is 4. The molecule has 1 amide bonds. The van der Waals surface area contributed by atoms with Gasteiger partial charge in [0.05, 0.1) is 6.04 Å². The van der Waals surface area contributed by atoms with Gasteiger partial charge < -0.3 is 4.90 Å². The van der Waals surface area contributed by atoms with Gasteiger partial charge in [-0.2, -0.15) is 11.8 Å². The van der Waals surface area contributed by atoms with E-state index in [1.165, 1.54) is 57.1 Å². The molecule has 5 heteroatoms. The van der Waals surface area contributed by atoms with Gasteiger partial charge >= 0.3 is 0 Å². The van der Waals surface area contributed by atoms with Gasteiger partial charge in [0.1, 0.15) is 0 Å². The second-order valence-corrected chi connectivity index (χ2v) is 9.35. The van der Waals surface area contributed by atoms with Crippen LogP contribution in [0.2, 0.25) is 0 Å². The molecule has 0 aromatic carbocycles. The molecule has 4 fully saturated rings. The fourth-order valence-corrected chi connectivity index (χ4v) is 6.16. The lowest BCUT2D eigenvalue weighted by Gasteiger charge is -2.31. The van der Waals surface area contributed by atoms with E-state index in [1.54, 1.807) is 0 Å². The Bertz CT molecular complexity index is 414. The fraction of sp³-hybridized carbons (Fsp3) is 0.944. The van der Waals surface area contributed by atoms with E-state index in [-0.39, 0.29) is 0 Å². The van der Waals surface area contributed by atoms with E-state index in [0.29, 0.717) is 29.0 Å². The molecule has 2 saturated heterocycles. The van der Waals surface area contributed by atoms with E-state index >= 15 is 0 Å². The molecule has 2 aliphatic heterocycles. The highest BCUT2D eigenvalue weighted by atomic mass is 32.2. The Balaban J connectivity index is 1.38. The van der Waals surface area contributed by atoms with Crippen LogP contribution in [-0.4, -0.2) is 47.5 Å². The van der Waals surface area contributed by atoms with Gasteiger partial charge in [-0.05, 0) is 36.9 Å². The third kappa shape index (κ3) is 3.72. The molecule has 23 heavy (non-hydrogen) atoms. The zero-order valence-corrected chi connectivity index (χ0v) is 15.0. The Labute approximate surface area is 144 Å². The first kappa shape index (κ1) is 16.2. The molecule has 4 aliphatic rings. The first-order valence-corrected chi connectivity index (χ1v) is 10.8. The molecule has 0 bridgehead atoms. The minimum absolute atomic E-state index is 0.352. The molecule has 1 unspecified atom stereocenters. The average molecular weight is 338 g/mol. The standard InChI is InChI=1S/C18H31N3OS/c22-18(17-9-16(17)13-5-2-1-3-6-13)21(14-10-19-20-11-14)12-15-7-4-8-23-15/h13-17,19-20H,1-12H2/t15?,16-,17+/m1/s1. The Morgan fingerprint density at radius 1 is 1.04 bits per heavy atom. The van der Waals surface area contributed by atoms with Crippen molar-refractivity contribution in [2.24, 2.45) is 17.8 Å². The minimum Gasteiger partial charge on any atom is -0.336 e. The number of hydrazine groups is 1. The van der Waals surface area contributed by atoms with Crippen LogP contribution in [0.1, 0.15) is 51.4 Å². The predicted molar refractivity (Wildman–Crippen MR) is 95.2 cm³/mol. The van der Waals surface area contributed by atoms with Crippen molar-refractivity contribution >= 4 is 17.7 Å². The second kappa shape index (κ2) is 7.32. The number of thioether (sulfide) groups is 1. The van der Waals surface area contributed by atoms with Crippen LogP contribution in [-0.2, 0) is 4.79 Å². The molecule has 0 aromatic rings. The van der Waals surface area contributed by atoms with Gasteiger partial charge in [-0.3, -0.25) is 15.6 Å². The molecule has 2 aliphatic carbocycles. The first-order valence-electron chi connectivity index (χ1n) is 9.70. The zero-order valence-electron chi connectivity index (χ0n) is 14.1. The quantitative estimate of drug-likeness (QED) is 0.809. The van der Waals surface area contributed by atoms with Gasteiger partial charge in [0.25, 0.3) is 0 Å². The molecule has 130 valence electrons. The fourth-order valence-electron chi connectivity index (χ4n) is 4.89. The number of hydrogen-bond donors (Lipinski definition) is 2. The van der Waals surface area contributed by atoms with E-state index in [2.05, 4.69) is 27.5 Å². The third-order valence-electron chi connectivity index (χ3n) is 6.36. The van der Waals surface area contributed by atoms with E-state index < -0.39 is 0 Å². The van der Waals surface area contributed by atoms with Crippen LogP contribution in [0.4, 0.5) is 0 Å². The molecular formula is C18H31N3OS. The van der Waals surface area contributed by atoms with Crippen molar-refractivity contribution in [1.82, 2.24) is 15.8 Å². The molecule has 4 nitrogen and oxygen atoms in total.